The lowest BCUT2D eigenvalue weighted by Gasteiger charge is -2.13. The van der Waals surface area contributed by atoms with Crippen molar-refractivity contribution in [3.63, 3.8) is 0 Å². The zero-order valence-corrected chi connectivity index (χ0v) is 13.2. The molecule has 0 atom stereocenters. The zero-order chi connectivity index (χ0) is 17.9. The number of ether oxygens (including phenoxy) is 1. The molecule has 0 radical (unpaired) electrons. The van der Waals surface area contributed by atoms with Gasteiger partial charge in [0.25, 0.3) is 5.91 Å². The van der Waals surface area contributed by atoms with Gasteiger partial charge in [0.2, 0.25) is 5.43 Å². The van der Waals surface area contributed by atoms with Gasteiger partial charge >= 0.3 is 6.18 Å². The summed E-state index contributed by atoms with van der Waals surface area (Å²) in [7, 11) is 1.46. The second-order valence-electron chi connectivity index (χ2n) is 5.14. The summed E-state index contributed by atoms with van der Waals surface area (Å²) in [4.78, 5) is 24.6. The number of fused-ring (bicyclic) bond motifs is 1. The van der Waals surface area contributed by atoms with E-state index >= 15 is 0 Å². The van der Waals surface area contributed by atoms with Crippen LogP contribution in [-0.2, 0) is 17.5 Å². The minimum absolute atomic E-state index is 0.133. The Morgan fingerprint density at radius 1 is 1.33 bits per heavy atom. The number of pyridine rings is 1. The topological polar surface area (TPSA) is 60.3 Å². The zero-order valence-electron chi connectivity index (χ0n) is 13.2. The van der Waals surface area contributed by atoms with Crippen LogP contribution in [0.15, 0.2) is 29.2 Å². The van der Waals surface area contributed by atoms with E-state index in [1.54, 1.807) is 11.5 Å². The second kappa shape index (κ2) is 7.04. The molecule has 24 heavy (non-hydrogen) atoms. The highest BCUT2D eigenvalue weighted by Gasteiger charge is 2.31. The molecule has 0 spiro atoms. The van der Waals surface area contributed by atoms with Crippen LogP contribution in [0.25, 0.3) is 10.9 Å². The Balaban J connectivity index is 2.59. The van der Waals surface area contributed by atoms with E-state index in [9.17, 15) is 22.8 Å². The van der Waals surface area contributed by atoms with Crippen molar-refractivity contribution < 1.29 is 22.7 Å². The normalized spacial score (nSPS) is 11.7. The molecule has 1 aromatic heterocycles. The fourth-order valence-corrected chi connectivity index (χ4v) is 2.36. The summed E-state index contributed by atoms with van der Waals surface area (Å²) in [5.41, 5.74) is -1.49. The van der Waals surface area contributed by atoms with Crippen molar-refractivity contribution in [3.8, 4) is 0 Å². The molecule has 0 aliphatic rings. The van der Waals surface area contributed by atoms with Crippen molar-refractivity contribution in [1.29, 1.82) is 0 Å². The van der Waals surface area contributed by atoms with Gasteiger partial charge in [0, 0.05) is 31.8 Å². The largest absolute Gasteiger partial charge is 0.416 e. The Hall–Kier alpha value is -2.35. The van der Waals surface area contributed by atoms with Crippen LogP contribution in [-0.4, -0.2) is 30.7 Å². The molecule has 130 valence electrons. The van der Waals surface area contributed by atoms with E-state index in [-0.39, 0.29) is 24.1 Å². The molecular weight excluding hydrogens is 325 g/mol. The van der Waals surface area contributed by atoms with E-state index in [1.807, 2.05) is 0 Å². The first-order valence-corrected chi connectivity index (χ1v) is 7.31. The average molecular weight is 342 g/mol. The van der Waals surface area contributed by atoms with Crippen molar-refractivity contribution in [3.05, 3.63) is 45.7 Å². The van der Waals surface area contributed by atoms with E-state index in [1.165, 1.54) is 19.4 Å². The molecule has 0 aliphatic heterocycles. The summed E-state index contributed by atoms with van der Waals surface area (Å²) in [5.74, 6) is -0.640. The number of carbonyl (C=O) groups excluding carboxylic acids is 1. The van der Waals surface area contributed by atoms with Crippen molar-refractivity contribution in [2.24, 2.45) is 0 Å². The van der Waals surface area contributed by atoms with Crippen LogP contribution in [0.5, 0.6) is 0 Å². The van der Waals surface area contributed by atoms with Gasteiger partial charge in [-0.15, -0.1) is 0 Å². The van der Waals surface area contributed by atoms with Gasteiger partial charge in [0.15, 0.2) is 0 Å². The molecule has 5 nitrogen and oxygen atoms in total. The van der Waals surface area contributed by atoms with Gasteiger partial charge in [-0.05, 0) is 25.1 Å². The SMILES string of the molecule is CCn1cc(C(=O)NCCOC)c(=O)c2cc(C(F)(F)F)ccc21. The van der Waals surface area contributed by atoms with Gasteiger partial charge in [0.1, 0.15) is 5.56 Å². The van der Waals surface area contributed by atoms with Crippen LogP contribution >= 0.6 is 0 Å². The number of methoxy groups -OCH3 is 1. The number of nitrogens with one attached hydrogen (secondary N) is 1. The van der Waals surface area contributed by atoms with Gasteiger partial charge < -0.3 is 14.6 Å². The standard InChI is InChI=1S/C16H17F3N2O3/c1-3-21-9-12(15(23)20-6-7-24-2)14(22)11-8-10(16(17,18)19)4-5-13(11)21/h4-5,8-9H,3,6-7H2,1-2H3,(H,20,23). The van der Waals surface area contributed by atoms with E-state index in [0.717, 1.165) is 12.1 Å². The summed E-state index contributed by atoms with van der Waals surface area (Å²) in [5, 5.41) is 2.37. The molecule has 0 unspecified atom stereocenters. The Labute approximate surface area is 136 Å². The molecule has 0 bridgehead atoms. The molecule has 1 N–H and O–H groups in total. The van der Waals surface area contributed by atoms with E-state index in [2.05, 4.69) is 5.32 Å². The fourth-order valence-electron chi connectivity index (χ4n) is 2.36. The van der Waals surface area contributed by atoms with Crippen molar-refractivity contribution in [2.75, 3.05) is 20.3 Å². The molecule has 2 aromatic rings. The molecule has 0 saturated carbocycles. The van der Waals surface area contributed by atoms with Gasteiger partial charge in [-0.2, -0.15) is 13.2 Å². The number of aromatic nitrogens is 1. The summed E-state index contributed by atoms with van der Waals surface area (Å²) < 4.78 is 45.1. The molecule has 0 saturated heterocycles. The number of amides is 1. The third-order valence-corrected chi connectivity index (χ3v) is 3.58. The number of hydrogen-bond acceptors (Lipinski definition) is 3. The van der Waals surface area contributed by atoms with Crippen LogP contribution in [0.3, 0.4) is 0 Å². The predicted molar refractivity (Wildman–Crippen MR) is 83.1 cm³/mol. The second-order valence-corrected chi connectivity index (χ2v) is 5.14. The third-order valence-electron chi connectivity index (χ3n) is 3.58. The lowest BCUT2D eigenvalue weighted by Crippen LogP contribution is -2.32. The number of benzene rings is 1. The van der Waals surface area contributed by atoms with Gasteiger partial charge in [-0.25, -0.2) is 0 Å². The molecule has 0 fully saturated rings. The summed E-state index contributed by atoms with van der Waals surface area (Å²) in [6, 6.07) is 2.96. The molecular formula is C16H17F3N2O3. The Morgan fingerprint density at radius 3 is 2.62 bits per heavy atom. The van der Waals surface area contributed by atoms with Crippen LogP contribution in [0.1, 0.15) is 22.8 Å². The number of hydrogen-bond donors (Lipinski definition) is 1. The first-order valence-electron chi connectivity index (χ1n) is 7.31. The molecule has 1 amide bonds. The van der Waals surface area contributed by atoms with E-state index < -0.39 is 23.1 Å². The number of aryl methyl sites for hydroxylation is 1. The Morgan fingerprint density at radius 2 is 2.04 bits per heavy atom. The Kier molecular flexibility index (Phi) is 5.28. The highest BCUT2D eigenvalue weighted by molar-refractivity contribution is 5.97. The summed E-state index contributed by atoms with van der Waals surface area (Å²) >= 11 is 0. The Bertz CT molecular complexity index is 813. The summed E-state index contributed by atoms with van der Waals surface area (Å²) in [6.07, 6.45) is -3.20. The number of alkyl halides is 3. The average Bonchev–Trinajstić information content (AvgIpc) is 2.54. The number of rotatable bonds is 5. The van der Waals surface area contributed by atoms with Crippen LogP contribution in [0.4, 0.5) is 13.2 Å². The number of halogens is 3. The van der Waals surface area contributed by atoms with Crippen molar-refractivity contribution in [1.82, 2.24) is 9.88 Å². The highest BCUT2D eigenvalue weighted by atomic mass is 19.4. The summed E-state index contributed by atoms with van der Waals surface area (Å²) in [6.45, 7) is 2.63. The minimum atomic E-state index is -4.56. The number of carbonyl (C=O) groups is 1. The molecule has 0 aliphatic carbocycles. The van der Waals surface area contributed by atoms with Crippen molar-refractivity contribution in [2.45, 2.75) is 19.6 Å². The van der Waals surface area contributed by atoms with Gasteiger partial charge in [-0.3, -0.25) is 9.59 Å². The monoisotopic (exact) mass is 342 g/mol. The first kappa shape index (κ1) is 18.0. The van der Waals surface area contributed by atoms with E-state index in [0.29, 0.717) is 12.1 Å². The fraction of sp³-hybridized carbons (Fsp3) is 0.375. The molecule has 1 aromatic carbocycles. The lowest BCUT2D eigenvalue weighted by molar-refractivity contribution is -0.137. The van der Waals surface area contributed by atoms with Crippen molar-refractivity contribution >= 4 is 16.8 Å². The third kappa shape index (κ3) is 3.59. The maximum Gasteiger partial charge on any atom is 0.416 e. The van der Waals surface area contributed by atoms with Gasteiger partial charge in [-0.1, -0.05) is 0 Å². The maximum atomic E-state index is 12.9. The smallest absolute Gasteiger partial charge is 0.383 e. The minimum Gasteiger partial charge on any atom is -0.383 e. The highest BCUT2D eigenvalue weighted by Crippen LogP contribution is 2.30. The number of nitrogens with zero attached hydrogens (tertiary/aromatic N) is 1. The lowest BCUT2D eigenvalue weighted by atomic mass is 10.1. The first-order chi connectivity index (χ1) is 11.3. The quantitative estimate of drug-likeness (QED) is 0.849. The van der Waals surface area contributed by atoms with Crippen LogP contribution < -0.4 is 10.7 Å². The van der Waals surface area contributed by atoms with Crippen LogP contribution in [0.2, 0.25) is 0 Å². The molecule has 8 heteroatoms. The maximum absolute atomic E-state index is 12.9. The molecule has 2 rings (SSSR count). The van der Waals surface area contributed by atoms with E-state index in [4.69, 9.17) is 4.74 Å². The molecule has 1 heterocycles. The predicted octanol–water partition coefficient (Wildman–Crippen LogP) is 2.42. The van der Waals surface area contributed by atoms with Gasteiger partial charge in [0.05, 0.1) is 17.7 Å². The van der Waals surface area contributed by atoms with Crippen LogP contribution in [0, 0.1) is 0 Å².